The summed E-state index contributed by atoms with van der Waals surface area (Å²) in [6, 6.07) is 21.4. The molecular weight excluding hydrogens is 520 g/mol. The van der Waals surface area contributed by atoms with Gasteiger partial charge in [-0.2, -0.15) is 0 Å². The molecule has 0 aliphatic rings. The van der Waals surface area contributed by atoms with E-state index in [2.05, 4.69) is 59.1 Å². The van der Waals surface area contributed by atoms with Gasteiger partial charge in [0.1, 0.15) is 23.2 Å². The van der Waals surface area contributed by atoms with E-state index in [9.17, 15) is 14.7 Å². The van der Waals surface area contributed by atoms with Crippen LogP contribution < -0.4 is 10.1 Å². The maximum Gasteiger partial charge on any atom is 0.326 e. The van der Waals surface area contributed by atoms with Crippen LogP contribution >= 0.6 is 15.9 Å². The zero-order valence-corrected chi connectivity index (χ0v) is 21.9. The van der Waals surface area contributed by atoms with Gasteiger partial charge < -0.3 is 15.2 Å². The first-order valence-electron chi connectivity index (χ1n) is 11.5. The molecule has 3 aromatic carbocycles. The van der Waals surface area contributed by atoms with E-state index in [4.69, 9.17) is 4.74 Å². The number of ether oxygens (including phenoxy) is 1. The van der Waals surface area contributed by atoms with Gasteiger partial charge in [0.25, 0.3) is 5.91 Å². The van der Waals surface area contributed by atoms with E-state index in [1.165, 1.54) is 5.56 Å². The van der Waals surface area contributed by atoms with Crippen LogP contribution in [0.1, 0.15) is 42.4 Å². The Morgan fingerprint density at radius 2 is 1.61 bits per heavy atom. The van der Waals surface area contributed by atoms with Crippen LogP contribution in [-0.4, -0.2) is 28.0 Å². The van der Waals surface area contributed by atoms with Crippen LogP contribution in [0.3, 0.4) is 0 Å². The highest BCUT2D eigenvalue weighted by Crippen LogP contribution is 2.29. The predicted molar refractivity (Wildman–Crippen MR) is 144 cm³/mol. The minimum Gasteiger partial charge on any atom is -0.480 e. The normalized spacial score (nSPS) is 12.2. The molecule has 0 fully saturated rings. The second-order valence-corrected chi connectivity index (χ2v) is 10.6. The highest BCUT2D eigenvalue weighted by Gasteiger charge is 2.22. The Labute approximate surface area is 218 Å². The fourth-order valence-electron chi connectivity index (χ4n) is 3.75. The number of aromatic nitrogens is 1. The molecule has 1 aromatic heterocycles. The largest absolute Gasteiger partial charge is 0.480 e. The van der Waals surface area contributed by atoms with E-state index >= 15 is 0 Å². The number of hydrogen-bond donors (Lipinski definition) is 2. The number of benzene rings is 3. The third-order valence-electron chi connectivity index (χ3n) is 5.84. The van der Waals surface area contributed by atoms with Crippen LogP contribution in [0.5, 0.6) is 11.5 Å². The van der Waals surface area contributed by atoms with Crippen molar-refractivity contribution in [1.82, 2.24) is 10.3 Å². The fourth-order valence-corrected chi connectivity index (χ4v) is 4.02. The van der Waals surface area contributed by atoms with Gasteiger partial charge in [-0.25, -0.2) is 4.79 Å². The molecule has 0 spiro atoms. The van der Waals surface area contributed by atoms with Crippen LogP contribution in [0.4, 0.5) is 0 Å². The van der Waals surface area contributed by atoms with E-state index in [0.717, 1.165) is 26.6 Å². The molecule has 36 heavy (non-hydrogen) atoms. The molecule has 0 unspecified atom stereocenters. The Bertz CT molecular complexity index is 1390. The molecule has 7 heteroatoms. The second-order valence-electron chi connectivity index (χ2n) is 9.65. The van der Waals surface area contributed by atoms with Crippen molar-refractivity contribution >= 4 is 38.6 Å². The first kappa shape index (κ1) is 25.4. The number of rotatable bonds is 7. The summed E-state index contributed by atoms with van der Waals surface area (Å²) >= 11 is 3.36. The van der Waals surface area contributed by atoms with Gasteiger partial charge in [0.05, 0.1) is 0 Å². The molecule has 0 saturated carbocycles. The molecule has 4 rings (SSSR count). The Morgan fingerprint density at radius 3 is 2.25 bits per heavy atom. The van der Waals surface area contributed by atoms with Gasteiger partial charge in [-0.05, 0) is 64.4 Å². The lowest BCUT2D eigenvalue weighted by Gasteiger charge is -2.19. The number of nitrogens with one attached hydrogen (secondary N) is 1. The average molecular weight is 547 g/mol. The van der Waals surface area contributed by atoms with Crippen LogP contribution in [-0.2, 0) is 16.6 Å². The Balaban J connectivity index is 1.46. The maximum atomic E-state index is 12.8. The third-order valence-corrected chi connectivity index (χ3v) is 6.37. The summed E-state index contributed by atoms with van der Waals surface area (Å²) in [5.74, 6) is -0.257. The van der Waals surface area contributed by atoms with Crippen molar-refractivity contribution in [1.29, 1.82) is 0 Å². The summed E-state index contributed by atoms with van der Waals surface area (Å²) < 4.78 is 6.90. The van der Waals surface area contributed by atoms with Gasteiger partial charge in [0.2, 0.25) is 0 Å². The number of nitrogens with zero attached hydrogens (tertiary/aromatic N) is 1. The smallest absolute Gasteiger partial charge is 0.326 e. The molecule has 0 bridgehead atoms. The lowest BCUT2D eigenvalue weighted by molar-refractivity contribution is -0.139. The molecule has 184 valence electrons. The molecule has 1 heterocycles. The minimum atomic E-state index is -1.11. The number of aliphatic carboxylic acids is 1. The Kier molecular flexibility index (Phi) is 7.40. The molecule has 0 aliphatic heterocycles. The second kappa shape index (κ2) is 10.5. The van der Waals surface area contributed by atoms with Crippen LogP contribution in [0.15, 0.2) is 83.5 Å². The SMILES string of the molecule is CC(C)(C)c1ccc(Oc2ccc3cc(C(=O)N[C@@H](Cc4ccc(Br)cc4)C(=O)O)ncc3c2)cc1. The first-order valence-corrected chi connectivity index (χ1v) is 12.3. The van der Waals surface area contributed by atoms with E-state index in [-0.39, 0.29) is 17.5 Å². The molecule has 6 nitrogen and oxygen atoms in total. The highest BCUT2D eigenvalue weighted by atomic mass is 79.9. The van der Waals surface area contributed by atoms with Crippen LogP contribution in [0.25, 0.3) is 10.8 Å². The van der Waals surface area contributed by atoms with Crippen molar-refractivity contribution in [2.75, 3.05) is 0 Å². The van der Waals surface area contributed by atoms with Crippen molar-refractivity contribution in [3.8, 4) is 11.5 Å². The van der Waals surface area contributed by atoms with Gasteiger partial charge in [-0.15, -0.1) is 0 Å². The van der Waals surface area contributed by atoms with Gasteiger partial charge >= 0.3 is 5.97 Å². The van der Waals surface area contributed by atoms with E-state index in [1.807, 2.05) is 54.6 Å². The van der Waals surface area contributed by atoms with Gasteiger partial charge in [-0.1, -0.05) is 67.0 Å². The molecule has 0 aliphatic carbocycles. The van der Waals surface area contributed by atoms with Gasteiger partial charge in [0, 0.05) is 22.5 Å². The first-order chi connectivity index (χ1) is 17.1. The van der Waals surface area contributed by atoms with Gasteiger partial charge in [-0.3, -0.25) is 9.78 Å². The summed E-state index contributed by atoms with van der Waals surface area (Å²) in [5, 5.41) is 13.8. The van der Waals surface area contributed by atoms with Crippen molar-refractivity contribution in [3.63, 3.8) is 0 Å². The van der Waals surface area contributed by atoms with Crippen molar-refractivity contribution in [2.45, 2.75) is 38.6 Å². The molecule has 4 aromatic rings. The molecule has 1 atom stereocenters. The molecule has 0 radical (unpaired) electrons. The van der Waals surface area contributed by atoms with E-state index in [0.29, 0.717) is 5.75 Å². The molecule has 1 amide bonds. The van der Waals surface area contributed by atoms with Crippen molar-refractivity contribution in [3.05, 3.63) is 100 Å². The number of carboxylic acids is 1. The number of halogens is 1. The fraction of sp³-hybridized carbons (Fsp3) is 0.207. The number of carboxylic acid groups (broad SMARTS) is 1. The zero-order chi connectivity index (χ0) is 25.9. The zero-order valence-electron chi connectivity index (χ0n) is 20.3. The monoisotopic (exact) mass is 546 g/mol. The highest BCUT2D eigenvalue weighted by molar-refractivity contribution is 9.10. The number of carbonyl (C=O) groups is 2. The summed E-state index contributed by atoms with van der Waals surface area (Å²) in [4.78, 5) is 28.8. The van der Waals surface area contributed by atoms with E-state index in [1.54, 1.807) is 12.3 Å². The summed E-state index contributed by atoms with van der Waals surface area (Å²) in [6.07, 6.45) is 1.75. The lowest BCUT2D eigenvalue weighted by Crippen LogP contribution is -2.42. The standard InChI is InChI=1S/C29H27BrN2O4/c1-29(2,3)21-7-12-23(13-8-21)36-24-11-6-19-16-25(31-17-20(19)15-24)27(33)32-26(28(34)35)14-18-4-9-22(30)10-5-18/h4-13,15-17,26H,14H2,1-3H3,(H,32,33)(H,34,35)/t26-/m0/s1. The summed E-state index contributed by atoms with van der Waals surface area (Å²) in [7, 11) is 0. The topological polar surface area (TPSA) is 88.5 Å². The summed E-state index contributed by atoms with van der Waals surface area (Å²) in [5.41, 5.74) is 2.25. The number of pyridine rings is 1. The van der Waals surface area contributed by atoms with Crippen LogP contribution in [0, 0.1) is 0 Å². The Hall–Kier alpha value is -3.71. The number of fused-ring (bicyclic) bond motifs is 1. The molecule has 0 saturated heterocycles. The lowest BCUT2D eigenvalue weighted by atomic mass is 9.87. The number of carbonyl (C=O) groups excluding carboxylic acids is 1. The predicted octanol–water partition coefficient (Wildman–Crippen LogP) is 6.51. The third kappa shape index (κ3) is 6.29. The maximum absolute atomic E-state index is 12.8. The quantitative estimate of drug-likeness (QED) is 0.275. The number of hydrogen-bond acceptors (Lipinski definition) is 4. The molecule has 2 N–H and O–H groups in total. The summed E-state index contributed by atoms with van der Waals surface area (Å²) in [6.45, 7) is 6.49. The van der Waals surface area contributed by atoms with Crippen molar-refractivity contribution in [2.24, 2.45) is 0 Å². The van der Waals surface area contributed by atoms with E-state index < -0.39 is 17.9 Å². The van der Waals surface area contributed by atoms with Gasteiger partial charge in [0.15, 0.2) is 0 Å². The molecular formula is C29H27BrN2O4. The van der Waals surface area contributed by atoms with Crippen molar-refractivity contribution < 1.29 is 19.4 Å². The van der Waals surface area contributed by atoms with Crippen LogP contribution in [0.2, 0.25) is 0 Å². The average Bonchev–Trinajstić information content (AvgIpc) is 2.84. The number of amides is 1. The minimum absolute atomic E-state index is 0.0700. The Morgan fingerprint density at radius 1 is 0.944 bits per heavy atom.